The van der Waals surface area contributed by atoms with Crippen molar-refractivity contribution in [3.63, 3.8) is 0 Å². The summed E-state index contributed by atoms with van der Waals surface area (Å²) in [5.74, 6) is -0.128. The summed E-state index contributed by atoms with van der Waals surface area (Å²) >= 11 is 0. The third kappa shape index (κ3) is 4.27. The minimum atomic E-state index is -0.451. The normalized spacial score (nSPS) is 11.3. The highest BCUT2D eigenvalue weighted by atomic mass is 19.1. The fourth-order valence-electron chi connectivity index (χ4n) is 4.74. The van der Waals surface area contributed by atoms with Crippen molar-refractivity contribution < 1.29 is 13.6 Å². The van der Waals surface area contributed by atoms with Gasteiger partial charge in [-0.1, -0.05) is 30.3 Å². The van der Waals surface area contributed by atoms with Crippen molar-refractivity contribution in [2.24, 2.45) is 0 Å². The van der Waals surface area contributed by atoms with Crippen LogP contribution in [0.4, 0.5) is 10.1 Å². The van der Waals surface area contributed by atoms with Crippen molar-refractivity contribution in [1.82, 2.24) is 30.1 Å². The van der Waals surface area contributed by atoms with E-state index in [1.165, 1.54) is 12.3 Å². The molecule has 0 atom stereocenters. The number of aromatic amines is 2. The van der Waals surface area contributed by atoms with Crippen LogP contribution in [-0.4, -0.2) is 36.0 Å². The summed E-state index contributed by atoms with van der Waals surface area (Å²) < 4.78 is 20.5. The molecule has 5 aromatic heterocycles. The van der Waals surface area contributed by atoms with Crippen LogP contribution < -0.4 is 5.32 Å². The number of furan rings is 1. The van der Waals surface area contributed by atoms with Gasteiger partial charge < -0.3 is 14.7 Å². The van der Waals surface area contributed by atoms with Crippen LogP contribution in [0.1, 0.15) is 5.56 Å². The fourth-order valence-corrected chi connectivity index (χ4v) is 4.74. The summed E-state index contributed by atoms with van der Waals surface area (Å²) in [5.41, 5.74) is 6.19. The Morgan fingerprint density at radius 1 is 0.975 bits per heavy atom. The smallest absolute Gasteiger partial charge is 0.228 e. The second kappa shape index (κ2) is 9.59. The van der Waals surface area contributed by atoms with E-state index in [1.807, 2.05) is 42.5 Å². The fraction of sp³-hybridized carbons (Fsp3) is 0.0333. The summed E-state index contributed by atoms with van der Waals surface area (Å²) in [6.07, 6.45) is 8.20. The third-order valence-corrected chi connectivity index (χ3v) is 6.61. The molecule has 194 valence electrons. The molecule has 0 aliphatic heterocycles. The van der Waals surface area contributed by atoms with Gasteiger partial charge >= 0.3 is 0 Å². The number of imidazole rings is 1. The van der Waals surface area contributed by atoms with Gasteiger partial charge in [-0.3, -0.25) is 19.9 Å². The number of aromatic nitrogens is 6. The quantitative estimate of drug-likeness (QED) is 0.238. The first-order valence-electron chi connectivity index (χ1n) is 12.5. The molecular weight excluding hydrogens is 509 g/mol. The van der Waals surface area contributed by atoms with E-state index >= 15 is 4.39 Å². The van der Waals surface area contributed by atoms with Gasteiger partial charge in [-0.15, -0.1) is 0 Å². The number of nitrogens with one attached hydrogen (secondary N) is 3. The third-order valence-electron chi connectivity index (χ3n) is 6.61. The Bertz CT molecular complexity index is 2000. The minimum absolute atomic E-state index is 0.188. The predicted molar refractivity (Wildman–Crippen MR) is 149 cm³/mol. The average Bonchev–Trinajstić information content (AvgIpc) is 3.72. The minimum Gasteiger partial charge on any atom is -0.472 e. The molecular formula is C30H20FN7O2. The molecule has 9 nitrogen and oxygen atoms in total. The first-order chi connectivity index (χ1) is 19.6. The number of hydrogen-bond acceptors (Lipinski definition) is 6. The van der Waals surface area contributed by atoms with E-state index in [0.717, 1.165) is 16.6 Å². The molecule has 0 aliphatic rings. The van der Waals surface area contributed by atoms with Crippen LogP contribution >= 0.6 is 0 Å². The van der Waals surface area contributed by atoms with Crippen molar-refractivity contribution in [3.05, 3.63) is 103 Å². The zero-order chi connectivity index (χ0) is 27.1. The Hall–Kier alpha value is -5.64. The van der Waals surface area contributed by atoms with Crippen LogP contribution in [-0.2, 0) is 11.2 Å². The Morgan fingerprint density at radius 3 is 2.73 bits per heavy atom. The van der Waals surface area contributed by atoms with Gasteiger partial charge in [0.1, 0.15) is 22.7 Å². The van der Waals surface area contributed by atoms with Crippen LogP contribution in [0.25, 0.3) is 55.8 Å². The van der Waals surface area contributed by atoms with Gasteiger partial charge in [0.25, 0.3) is 0 Å². The lowest BCUT2D eigenvalue weighted by Crippen LogP contribution is -2.14. The molecule has 2 aromatic carbocycles. The van der Waals surface area contributed by atoms with E-state index < -0.39 is 5.82 Å². The van der Waals surface area contributed by atoms with Crippen molar-refractivity contribution in [2.75, 3.05) is 5.32 Å². The first-order valence-corrected chi connectivity index (χ1v) is 12.5. The van der Waals surface area contributed by atoms with Crippen molar-refractivity contribution in [3.8, 4) is 33.9 Å². The Balaban J connectivity index is 1.24. The lowest BCUT2D eigenvalue weighted by atomic mass is 10.0. The Morgan fingerprint density at radius 2 is 1.88 bits per heavy atom. The van der Waals surface area contributed by atoms with Gasteiger partial charge in [-0.05, 0) is 29.8 Å². The average molecular weight is 530 g/mol. The molecule has 0 bridgehead atoms. The zero-order valence-electron chi connectivity index (χ0n) is 20.9. The summed E-state index contributed by atoms with van der Waals surface area (Å²) in [6, 6.07) is 17.9. The molecule has 0 fully saturated rings. The predicted octanol–water partition coefficient (Wildman–Crippen LogP) is 6.14. The van der Waals surface area contributed by atoms with Gasteiger partial charge in [0, 0.05) is 40.5 Å². The number of benzene rings is 2. The Labute approximate surface area is 226 Å². The summed E-state index contributed by atoms with van der Waals surface area (Å²) in [5, 5.41) is 10.9. The van der Waals surface area contributed by atoms with E-state index in [0.29, 0.717) is 50.4 Å². The van der Waals surface area contributed by atoms with Crippen LogP contribution in [0.5, 0.6) is 0 Å². The molecule has 0 radical (unpaired) electrons. The molecule has 40 heavy (non-hydrogen) atoms. The number of H-pyrrole nitrogens is 2. The van der Waals surface area contributed by atoms with Crippen molar-refractivity contribution in [1.29, 1.82) is 0 Å². The number of amides is 1. The van der Waals surface area contributed by atoms with Crippen LogP contribution in [0.3, 0.4) is 0 Å². The maximum atomic E-state index is 15.3. The molecule has 0 unspecified atom stereocenters. The standard InChI is InChI=1S/C30H20FN7O2/c31-23-13-25-22(12-21(23)19-11-20(15-32-14-19)34-26(39)10-17-4-2-1-3-5-17)28(38-37-25)30-35-24-6-8-33-27(29(24)36-30)18-7-9-40-16-18/h1-9,11-16H,10H2,(H,34,39)(H,35,36)(H,37,38). The molecule has 3 N–H and O–H groups in total. The number of anilines is 1. The number of rotatable bonds is 6. The van der Waals surface area contributed by atoms with E-state index in [2.05, 4.69) is 30.5 Å². The number of carbonyl (C=O) groups excluding carboxylic acids is 1. The van der Waals surface area contributed by atoms with Crippen LogP contribution in [0.2, 0.25) is 0 Å². The lowest BCUT2D eigenvalue weighted by molar-refractivity contribution is -0.115. The maximum absolute atomic E-state index is 15.3. The molecule has 0 saturated heterocycles. The molecule has 7 aromatic rings. The molecule has 1 amide bonds. The highest BCUT2D eigenvalue weighted by Gasteiger charge is 2.19. The second-order valence-corrected chi connectivity index (χ2v) is 9.28. The molecule has 7 rings (SSSR count). The SMILES string of the molecule is O=C(Cc1ccccc1)Nc1cncc(-c2cc3c(-c4nc5c(-c6ccoc6)nccc5[nH]4)n[nH]c3cc2F)c1. The van der Waals surface area contributed by atoms with Gasteiger partial charge in [-0.25, -0.2) is 9.37 Å². The number of halogens is 1. The summed E-state index contributed by atoms with van der Waals surface area (Å²) in [6.45, 7) is 0. The van der Waals surface area contributed by atoms with E-state index in [1.54, 1.807) is 37.1 Å². The van der Waals surface area contributed by atoms with E-state index in [-0.39, 0.29) is 12.3 Å². The molecule has 0 spiro atoms. The summed E-state index contributed by atoms with van der Waals surface area (Å²) in [4.78, 5) is 29.3. The second-order valence-electron chi connectivity index (χ2n) is 9.28. The van der Waals surface area contributed by atoms with Gasteiger partial charge in [0.05, 0.1) is 41.9 Å². The number of hydrogen-bond donors (Lipinski definition) is 3. The molecule has 5 heterocycles. The zero-order valence-corrected chi connectivity index (χ0v) is 20.9. The number of nitrogens with zero attached hydrogens (tertiary/aromatic N) is 4. The molecule has 0 saturated carbocycles. The highest BCUT2D eigenvalue weighted by Crippen LogP contribution is 2.34. The highest BCUT2D eigenvalue weighted by molar-refractivity contribution is 5.98. The van der Waals surface area contributed by atoms with E-state index in [4.69, 9.17) is 9.40 Å². The monoisotopic (exact) mass is 529 g/mol. The lowest BCUT2D eigenvalue weighted by Gasteiger charge is -2.08. The first kappa shape index (κ1) is 23.5. The Kier molecular flexibility index (Phi) is 5.63. The van der Waals surface area contributed by atoms with E-state index in [9.17, 15) is 4.79 Å². The number of carbonyl (C=O) groups is 1. The molecule has 0 aliphatic carbocycles. The topological polar surface area (TPSA) is 125 Å². The maximum Gasteiger partial charge on any atom is 0.228 e. The van der Waals surface area contributed by atoms with Crippen molar-refractivity contribution >= 4 is 33.5 Å². The number of fused-ring (bicyclic) bond motifs is 2. The number of pyridine rings is 2. The van der Waals surface area contributed by atoms with Crippen LogP contribution in [0.15, 0.2) is 96.2 Å². The largest absolute Gasteiger partial charge is 0.472 e. The van der Waals surface area contributed by atoms with Gasteiger partial charge in [-0.2, -0.15) is 5.10 Å². The van der Waals surface area contributed by atoms with Gasteiger partial charge in [0.2, 0.25) is 5.91 Å². The van der Waals surface area contributed by atoms with Crippen LogP contribution in [0, 0.1) is 5.82 Å². The molecule has 10 heteroatoms. The van der Waals surface area contributed by atoms with Gasteiger partial charge in [0.15, 0.2) is 5.82 Å². The van der Waals surface area contributed by atoms with Crippen molar-refractivity contribution in [2.45, 2.75) is 6.42 Å². The summed E-state index contributed by atoms with van der Waals surface area (Å²) in [7, 11) is 0.